The number of nitrogens with one attached hydrogen (secondary N) is 1. The third-order valence-electron chi connectivity index (χ3n) is 2.84. The molecule has 3 rings (SSSR count). The molecular weight excluding hydrogens is 374 g/mol. The van der Waals surface area contributed by atoms with Crippen molar-refractivity contribution < 1.29 is 4.79 Å². The highest BCUT2D eigenvalue weighted by Gasteiger charge is 2.12. The first-order valence-corrected chi connectivity index (χ1v) is 7.95. The molecule has 3 aromatic rings. The summed E-state index contributed by atoms with van der Waals surface area (Å²) in [5, 5.41) is 3.73. The van der Waals surface area contributed by atoms with Crippen LogP contribution in [0.5, 0.6) is 0 Å². The number of benzene rings is 2. The van der Waals surface area contributed by atoms with E-state index >= 15 is 0 Å². The van der Waals surface area contributed by atoms with Gasteiger partial charge >= 0.3 is 0 Å². The van der Waals surface area contributed by atoms with Crippen LogP contribution in [0.3, 0.4) is 0 Å². The normalized spacial score (nSPS) is 10.8. The lowest BCUT2D eigenvalue weighted by Crippen LogP contribution is -2.12. The summed E-state index contributed by atoms with van der Waals surface area (Å²) >= 11 is 10.8. The number of thiazole rings is 1. The number of rotatable bonds is 2. The monoisotopic (exact) mass is 381 g/mol. The third kappa shape index (κ3) is 2.88. The zero-order chi connectivity index (χ0) is 15.0. The van der Waals surface area contributed by atoms with Crippen molar-refractivity contribution in [1.29, 1.82) is 0 Å². The van der Waals surface area contributed by atoms with Crippen molar-refractivity contribution in [2.45, 2.75) is 0 Å². The van der Waals surface area contributed by atoms with Gasteiger partial charge in [-0.25, -0.2) is 4.98 Å². The topological polar surface area (TPSA) is 68.0 Å². The molecule has 0 aliphatic rings. The highest BCUT2D eigenvalue weighted by Crippen LogP contribution is 2.33. The number of amides is 1. The summed E-state index contributed by atoms with van der Waals surface area (Å²) in [7, 11) is 0. The van der Waals surface area contributed by atoms with Gasteiger partial charge in [0.15, 0.2) is 5.13 Å². The second-order valence-corrected chi connectivity index (χ2v) is 6.61. The van der Waals surface area contributed by atoms with E-state index in [1.165, 1.54) is 11.3 Å². The summed E-state index contributed by atoms with van der Waals surface area (Å²) in [4.78, 5) is 16.4. The lowest BCUT2D eigenvalue weighted by molar-refractivity contribution is 0.102. The Kier molecular flexibility index (Phi) is 3.84. The van der Waals surface area contributed by atoms with Crippen molar-refractivity contribution in [2.24, 2.45) is 0 Å². The molecule has 3 N–H and O–H groups in total. The fraction of sp³-hybridized carbons (Fsp3) is 0. The van der Waals surface area contributed by atoms with Gasteiger partial charge in [0.1, 0.15) is 5.52 Å². The predicted molar refractivity (Wildman–Crippen MR) is 91.1 cm³/mol. The van der Waals surface area contributed by atoms with Crippen molar-refractivity contribution >= 4 is 65.8 Å². The maximum absolute atomic E-state index is 12.3. The van der Waals surface area contributed by atoms with Crippen LogP contribution in [0.1, 0.15) is 10.4 Å². The van der Waals surface area contributed by atoms with E-state index in [0.717, 1.165) is 9.17 Å². The maximum Gasteiger partial charge on any atom is 0.256 e. The van der Waals surface area contributed by atoms with E-state index in [9.17, 15) is 4.79 Å². The molecule has 0 bridgehead atoms. The van der Waals surface area contributed by atoms with E-state index < -0.39 is 0 Å². The number of anilines is 2. The molecule has 1 amide bonds. The average molecular weight is 383 g/mol. The first-order valence-electron chi connectivity index (χ1n) is 5.96. The molecule has 21 heavy (non-hydrogen) atoms. The molecule has 2 aromatic carbocycles. The SMILES string of the molecule is Nc1nc2c(Cl)cc(NC(=O)c3ccccc3Br)cc2s1. The second-order valence-electron chi connectivity index (χ2n) is 4.29. The lowest BCUT2D eigenvalue weighted by Gasteiger charge is -2.07. The predicted octanol–water partition coefficient (Wildman–Crippen LogP) is 4.55. The van der Waals surface area contributed by atoms with E-state index in [2.05, 4.69) is 26.2 Å². The minimum absolute atomic E-state index is 0.213. The van der Waals surface area contributed by atoms with Gasteiger partial charge in [0.25, 0.3) is 5.91 Å². The lowest BCUT2D eigenvalue weighted by atomic mass is 10.2. The number of carbonyl (C=O) groups is 1. The summed E-state index contributed by atoms with van der Waals surface area (Å²) in [6.45, 7) is 0. The van der Waals surface area contributed by atoms with E-state index in [4.69, 9.17) is 17.3 Å². The number of aromatic nitrogens is 1. The maximum atomic E-state index is 12.3. The fourth-order valence-corrected chi connectivity index (χ4v) is 3.50. The van der Waals surface area contributed by atoms with Gasteiger partial charge in [-0.15, -0.1) is 0 Å². The minimum atomic E-state index is -0.213. The zero-order valence-electron chi connectivity index (χ0n) is 10.6. The second kappa shape index (κ2) is 5.63. The Bertz CT molecular complexity index is 849. The van der Waals surface area contributed by atoms with Crippen LogP contribution < -0.4 is 11.1 Å². The molecule has 0 spiro atoms. The van der Waals surface area contributed by atoms with Crippen molar-refractivity contribution in [1.82, 2.24) is 4.98 Å². The Hall–Kier alpha value is -1.63. The summed E-state index contributed by atoms with van der Waals surface area (Å²) in [6.07, 6.45) is 0. The van der Waals surface area contributed by atoms with Crippen LogP contribution in [-0.4, -0.2) is 10.9 Å². The average Bonchev–Trinajstić information content (AvgIpc) is 2.80. The molecule has 0 fully saturated rings. The van der Waals surface area contributed by atoms with Crippen LogP contribution in [0.15, 0.2) is 40.9 Å². The molecule has 0 saturated carbocycles. The van der Waals surface area contributed by atoms with Gasteiger partial charge in [0.2, 0.25) is 0 Å². The van der Waals surface area contributed by atoms with Gasteiger partial charge in [-0.05, 0) is 40.2 Å². The van der Waals surface area contributed by atoms with Gasteiger partial charge in [-0.3, -0.25) is 4.79 Å². The highest BCUT2D eigenvalue weighted by molar-refractivity contribution is 9.10. The number of hydrogen-bond donors (Lipinski definition) is 2. The number of fused-ring (bicyclic) bond motifs is 1. The summed E-state index contributed by atoms with van der Waals surface area (Å²) in [5.74, 6) is -0.213. The van der Waals surface area contributed by atoms with Crippen LogP contribution >= 0.6 is 38.9 Å². The van der Waals surface area contributed by atoms with E-state index in [1.807, 2.05) is 18.2 Å². The standard InChI is InChI=1S/C14H9BrClN3OS/c15-9-4-2-1-3-8(9)13(20)18-7-5-10(16)12-11(6-7)21-14(17)19-12/h1-6H,(H2,17,19)(H,18,20). The molecular formula is C14H9BrClN3OS. The van der Waals surface area contributed by atoms with Gasteiger partial charge in [-0.2, -0.15) is 0 Å². The number of carbonyl (C=O) groups excluding carboxylic acids is 1. The molecule has 7 heteroatoms. The van der Waals surface area contributed by atoms with Crippen LogP contribution in [0, 0.1) is 0 Å². The number of halogens is 2. The number of nitrogens with two attached hydrogens (primary N) is 1. The molecule has 1 aromatic heterocycles. The first-order chi connectivity index (χ1) is 10.0. The zero-order valence-corrected chi connectivity index (χ0v) is 13.7. The Morgan fingerprint density at radius 2 is 2.10 bits per heavy atom. The van der Waals surface area contributed by atoms with E-state index in [1.54, 1.807) is 18.2 Å². The molecule has 0 aliphatic heterocycles. The number of nitrogens with zero attached hydrogens (tertiary/aromatic N) is 1. The number of nitrogen functional groups attached to an aromatic ring is 1. The summed E-state index contributed by atoms with van der Waals surface area (Å²) in [5.41, 5.74) is 7.49. The Morgan fingerprint density at radius 3 is 2.86 bits per heavy atom. The molecule has 0 radical (unpaired) electrons. The van der Waals surface area contributed by atoms with Gasteiger partial charge < -0.3 is 11.1 Å². The van der Waals surface area contributed by atoms with Crippen molar-refractivity contribution in [2.75, 3.05) is 11.1 Å². The Balaban J connectivity index is 1.95. The molecule has 0 aliphatic carbocycles. The van der Waals surface area contributed by atoms with Crippen molar-refractivity contribution in [3.63, 3.8) is 0 Å². The fourth-order valence-electron chi connectivity index (χ4n) is 1.92. The Morgan fingerprint density at radius 1 is 1.33 bits per heavy atom. The largest absolute Gasteiger partial charge is 0.375 e. The molecule has 1 heterocycles. The van der Waals surface area contributed by atoms with E-state index in [-0.39, 0.29) is 5.91 Å². The highest BCUT2D eigenvalue weighted by atomic mass is 79.9. The molecule has 0 atom stereocenters. The summed E-state index contributed by atoms with van der Waals surface area (Å²) in [6, 6.07) is 10.7. The van der Waals surface area contributed by atoms with Gasteiger partial charge in [0.05, 0.1) is 15.3 Å². The van der Waals surface area contributed by atoms with Crippen molar-refractivity contribution in [3.05, 3.63) is 51.5 Å². The minimum Gasteiger partial charge on any atom is -0.375 e. The van der Waals surface area contributed by atoms with Crippen molar-refractivity contribution in [3.8, 4) is 0 Å². The molecule has 0 unspecified atom stereocenters. The molecule has 106 valence electrons. The Labute approximate surface area is 138 Å². The van der Waals surface area contributed by atoms with Gasteiger partial charge in [-0.1, -0.05) is 35.1 Å². The van der Waals surface area contributed by atoms with Crippen LogP contribution in [0.4, 0.5) is 10.8 Å². The summed E-state index contributed by atoms with van der Waals surface area (Å²) < 4.78 is 1.57. The van der Waals surface area contributed by atoms with Crippen LogP contribution in [0.2, 0.25) is 5.02 Å². The van der Waals surface area contributed by atoms with Crippen LogP contribution in [0.25, 0.3) is 10.2 Å². The smallest absolute Gasteiger partial charge is 0.256 e. The first kappa shape index (κ1) is 14.3. The van der Waals surface area contributed by atoms with Crippen LogP contribution in [-0.2, 0) is 0 Å². The number of hydrogen-bond acceptors (Lipinski definition) is 4. The quantitative estimate of drug-likeness (QED) is 0.683. The van der Waals surface area contributed by atoms with Gasteiger partial charge in [0, 0.05) is 10.2 Å². The van der Waals surface area contributed by atoms with E-state index in [0.29, 0.717) is 26.9 Å². The molecule has 4 nitrogen and oxygen atoms in total. The molecule has 0 saturated heterocycles. The third-order valence-corrected chi connectivity index (χ3v) is 4.65.